The first-order chi connectivity index (χ1) is 19.4. The van der Waals surface area contributed by atoms with Crippen LogP contribution in [0.4, 0.5) is 11.4 Å². The van der Waals surface area contributed by atoms with Crippen LogP contribution in [0.25, 0.3) is 21.8 Å². The molecule has 1 amide bonds. The molecule has 5 rings (SSSR count). The minimum Gasteiger partial charge on any atom is -0.492 e. The van der Waals surface area contributed by atoms with Crippen molar-refractivity contribution in [2.75, 3.05) is 29.0 Å². The first-order valence-corrected chi connectivity index (χ1v) is 15.7. The number of hydrogen-bond acceptors (Lipinski definition) is 5. The number of fused-ring (bicyclic) bond motifs is 3. The van der Waals surface area contributed by atoms with Gasteiger partial charge in [0.2, 0.25) is 5.91 Å². The Kier molecular flexibility index (Phi) is 8.04. The second kappa shape index (κ2) is 11.7. The first kappa shape index (κ1) is 27.6. The second-order valence-corrected chi connectivity index (χ2v) is 11.9. The van der Waals surface area contributed by atoms with Gasteiger partial charge in [0.25, 0.3) is 10.0 Å². The van der Waals surface area contributed by atoms with Crippen LogP contribution in [0, 0.1) is 0 Å². The molecular weight excluding hydrogens is 542 g/mol. The van der Waals surface area contributed by atoms with Crippen molar-refractivity contribution in [3.8, 4) is 5.75 Å². The molecule has 0 fully saturated rings. The summed E-state index contributed by atoms with van der Waals surface area (Å²) in [6, 6.07) is 27.4. The molecule has 0 saturated carbocycles. The van der Waals surface area contributed by atoms with Crippen molar-refractivity contribution in [3.63, 3.8) is 0 Å². The quantitative estimate of drug-likeness (QED) is 0.187. The van der Waals surface area contributed by atoms with Crippen molar-refractivity contribution in [2.45, 2.75) is 30.2 Å². The van der Waals surface area contributed by atoms with Crippen LogP contribution in [-0.2, 0) is 21.4 Å². The fourth-order valence-electron chi connectivity index (χ4n) is 4.92. The molecule has 5 aromatic rings. The maximum Gasteiger partial charge on any atom is 0.264 e. The van der Waals surface area contributed by atoms with E-state index >= 15 is 0 Å². The lowest BCUT2D eigenvalue weighted by molar-refractivity contribution is -0.114. The number of carbonyl (C=O) groups is 1. The van der Waals surface area contributed by atoms with Crippen molar-refractivity contribution in [3.05, 3.63) is 91.0 Å². The Morgan fingerprint density at radius 3 is 2.33 bits per heavy atom. The Balaban J connectivity index is 1.50. The molecule has 4 aromatic carbocycles. The first-order valence-electron chi connectivity index (χ1n) is 13.1. The number of carbonyl (C=O) groups excluding carboxylic acids is 1. The highest BCUT2D eigenvalue weighted by Gasteiger charge is 2.29. The fourth-order valence-corrected chi connectivity index (χ4v) is 6.76. The lowest BCUT2D eigenvalue weighted by Crippen LogP contribution is -2.38. The highest BCUT2D eigenvalue weighted by Crippen LogP contribution is 2.34. The summed E-state index contributed by atoms with van der Waals surface area (Å²) in [7, 11) is -4.09. The zero-order valence-corrected chi connectivity index (χ0v) is 24.3. The van der Waals surface area contributed by atoms with E-state index in [0.717, 1.165) is 37.6 Å². The van der Waals surface area contributed by atoms with Crippen LogP contribution < -0.4 is 14.4 Å². The highest BCUT2D eigenvalue weighted by molar-refractivity contribution is 7.98. The lowest BCUT2D eigenvalue weighted by Gasteiger charge is -2.26. The van der Waals surface area contributed by atoms with Gasteiger partial charge < -0.3 is 14.6 Å². The third-order valence-electron chi connectivity index (χ3n) is 6.74. The predicted molar refractivity (Wildman–Crippen MR) is 164 cm³/mol. The second-order valence-electron chi connectivity index (χ2n) is 9.13. The van der Waals surface area contributed by atoms with E-state index in [2.05, 4.69) is 28.9 Å². The molecule has 7 nitrogen and oxygen atoms in total. The molecular formula is C31H31N3O4S2. The van der Waals surface area contributed by atoms with Crippen LogP contribution in [0.3, 0.4) is 0 Å². The summed E-state index contributed by atoms with van der Waals surface area (Å²) in [4.78, 5) is 14.5. The van der Waals surface area contributed by atoms with Crippen molar-refractivity contribution >= 4 is 60.9 Å². The van der Waals surface area contributed by atoms with Crippen LogP contribution in [-0.4, -0.2) is 38.3 Å². The van der Waals surface area contributed by atoms with Gasteiger partial charge in [-0.3, -0.25) is 9.10 Å². The summed E-state index contributed by atoms with van der Waals surface area (Å²) in [6.45, 7) is 4.68. The molecule has 0 unspecified atom stereocenters. The van der Waals surface area contributed by atoms with Crippen LogP contribution >= 0.6 is 11.8 Å². The number of aromatic nitrogens is 1. The maximum absolute atomic E-state index is 13.9. The van der Waals surface area contributed by atoms with Gasteiger partial charge >= 0.3 is 0 Å². The van der Waals surface area contributed by atoms with E-state index in [4.69, 9.17) is 4.74 Å². The average molecular weight is 574 g/mol. The number of anilines is 2. The molecule has 1 aromatic heterocycles. The highest BCUT2D eigenvalue weighted by atomic mass is 32.2. The summed E-state index contributed by atoms with van der Waals surface area (Å²) in [5, 5.41) is 5.04. The zero-order valence-electron chi connectivity index (χ0n) is 22.6. The number of hydrogen-bond donors (Lipinski definition) is 1. The Bertz CT molecular complexity index is 1780. The molecule has 0 bridgehead atoms. The van der Waals surface area contributed by atoms with Crippen LogP contribution in [0.1, 0.15) is 13.8 Å². The molecule has 1 heterocycles. The minimum atomic E-state index is -4.09. The van der Waals surface area contributed by atoms with Crippen molar-refractivity contribution < 1.29 is 17.9 Å². The number of para-hydroxylation sites is 3. The van der Waals surface area contributed by atoms with Crippen molar-refractivity contribution in [2.24, 2.45) is 0 Å². The van der Waals surface area contributed by atoms with Crippen molar-refractivity contribution in [1.29, 1.82) is 0 Å². The third-order valence-corrected chi connectivity index (χ3v) is 9.26. The largest absolute Gasteiger partial charge is 0.492 e. The molecule has 9 heteroatoms. The van der Waals surface area contributed by atoms with Crippen molar-refractivity contribution in [1.82, 2.24) is 4.57 Å². The van der Waals surface area contributed by atoms with Gasteiger partial charge in [0.05, 0.1) is 17.2 Å². The molecule has 0 radical (unpaired) electrons. The van der Waals surface area contributed by atoms with Gasteiger partial charge in [-0.2, -0.15) is 0 Å². The monoisotopic (exact) mass is 573 g/mol. The van der Waals surface area contributed by atoms with E-state index in [9.17, 15) is 13.2 Å². The number of aryl methyl sites for hydroxylation is 1. The van der Waals surface area contributed by atoms with E-state index < -0.39 is 22.5 Å². The van der Waals surface area contributed by atoms with Gasteiger partial charge in [-0.05, 0) is 80.8 Å². The molecule has 0 saturated heterocycles. The van der Waals surface area contributed by atoms with Gasteiger partial charge in [0.1, 0.15) is 12.3 Å². The van der Waals surface area contributed by atoms with Crippen LogP contribution in [0.5, 0.6) is 5.75 Å². The van der Waals surface area contributed by atoms with E-state index in [1.807, 2.05) is 43.5 Å². The summed E-state index contributed by atoms with van der Waals surface area (Å²) < 4.78 is 36.9. The smallest absolute Gasteiger partial charge is 0.264 e. The third kappa shape index (κ3) is 5.26. The molecule has 0 aliphatic rings. The summed E-state index contributed by atoms with van der Waals surface area (Å²) in [6.07, 6.45) is 1.93. The number of thioether (sulfide) groups is 1. The Labute approximate surface area is 238 Å². The molecule has 1 N–H and O–H groups in total. The molecule has 0 aliphatic carbocycles. The molecule has 0 aliphatic heterocycles. The lowest BCUT2D eigenvalue weighted by atomic mass is 10.1. The van der Waals surface area contributed by atoms with E-state index in [1.165, 1.54) is 11.8 Å². The van der Waals surface area contributed by atoms with Crippen LogP contribution in [0.2, 0.25) is 0 Å². The summed E-state index contributed by atoms with van der Waals surface area (Å²) in [5.74, 6) is -0.0786. The van der Waals surface area contributed by atoms with Gasteiger partial charge in [-0.15, -0.1) is 11.8 Å². The topological polar surface area (TPSA) is 80.6 Å². The Hall–Kier alpha value is -3.95. The maximum atomic E-state index is 13.9. The van der Waals surface area contributed by atoms with Gasteiger partial charge in [-0.1, -0.05) is 30.3 Å². The van der Waals surface area contributed by atoms with Gasteiger partial charge in [0.15, 0.2) is 0 Å². The minimum absolute atomic E-state index is 0.0956. The Morgan fingerprint density at radius 1 is 0.900 bits per heavy atom. The number of benzene rings is 4. The van der Waals surface area contributed by atoms with E-state index in [1.54, 1.807) is 48.5 Å². The average Bonchev–Trinajstić information content (AvgIpc) is 3.29. The van der Waals surface area contributed by atoms with Gasteiger partial charge in [-0.25, -0.2) is 8.42 Å². The predicted octanol–water partition coefficient (Wildman–Crippen LogP) is 6.77. The number of amides is 1. The summed E-state index contributed by atoms with van der Waals surface area (Å²) >= 11 is 1.52. The van der Waals surface area contributed by atoms with E-state index in [0.29, 0.717) is 23.7 Å². The number of sulfonamides is 1. The number of nitrogens with zero attached hydrogens (tertiary/aromatic N) is 2. The zero-order chi connectivity index (χ0) is 28.3. The molecule has 40 heavy (non-hydrogen) atoms. The van der Waals surface area contributed by atoms with Gasteiger partial charge in [0, 0.05) is 38.9 Å². The molecule has 0 atom stereocenters. The summed E-state index contributed by atoms with van der Waals surface area (Å²) in [5.41, 5.74) is 3.09. The Morgan fingerprint density at radius 2 is 1.60 bits per heavy atom. The molecule has 206 valence electrons. The standard InChI is InChI=1S/C31H31N3O4S2/c1-4-33-27-11-7-6-10-25(27)26-20-22(14-19-28(26)33)32-31(35)21-34(29-12-8-9-13-30(29)38-5-2)40(36,37)24-17-15-23(39-3)16-18-24/h6-20H,4-5,21H2,1-3H3,(H,32,35). The normalized spacial score (nSPS) is 11.6. The SMILES string of the molecule is CCOc1ccccc1N(CC(=O)Nc1ccc2c(c1)c1ccccc1n2CC)S(=O)(=O)c1ccc(SC)cc1. The van der Waals surface area contributed by atoms with E-state index in [-0.39, 0.29) is 4.90 Å². The number of ether oxygens (including phenoxy) is 1. The number of nitrogens with one attached hydrogen (secondary N) is 1. The molecule has 0 spiro atoms. The number of rotatable bonds is 10. The van der Waals surface area contributed by atoms with Crippen LogP contribution in [0.15, 0.2) is 101 Å². The fraction of sp³-hybridized carbons (Fsp3) is 0.194.